The topological polar surface area (TPSA) is 66.5 Å². The number of aliphatic hydroxyl groups excluding tert-OH is 2. The lowest BCUT2D eigenvalue weighted by Gasteiger charge is -2.24. The SMILES string of the molecule is NC(CO)(CO)CCCCCCCCCCCCCCF. The molecule has 0 heterocycles. The molecule has 4 heteroatoms. The van der Waals surface area contributed by atoms with Crippen molar-refractivity contribution in [2.24, 2.45) is 5.73 Å². The van der Waals surface area contributed by atoms with Crippen LogP contribution in [-0.2, 0) is 0 Å². The number of aliphatic hydroxyl groups is 2. The van der Waals surface area contributed by atoms with E-state index in [-0.39, 0.29) is 19.9 Å². The van der Waals surface area contributed by atoms with Gasteiger partial charge in [0.15, 0.2) is 0 Å². The van der Waals surface area contributed by atoms with E-state index >= 15 is 0 Å². The summed E-state index contributed by atoms with van der Waals surface area (Å²) in [5.74, 6) is 0. The molecular formula is C17H36FNO2. The minimum absolute atomic E-state index is 0.144. The van der Waals surface area contributed by atoms with Gasteiger partial charge in [-0.2, -0.15) is 0 Å². The van der Waals surface area contributed by atoms with E-state index in [4.69, 9.17) is 15.9 Å². The summed E-state index contributed by atoms with van der Waals surface area (Å²) >= 11 is 0. The minimum atomic E-state index is -0.790. The van der Waals surface area contributed by atoms with Crippen LogP contribution in [0.2, 0.25) is 0 Å². The van der Waals surface area contributed by atoms with Crippen molar-refractivity contribution >= 4 is 0 Å². The van der Waals surface area contributed by atoms with Crippen LogP contribution in [0.1, 0.15) is 83.5 Å². The zero-order chi connectivity index (χ0) is 15.8. The van der Waals surface area contributed by atoms with Crippen LogP contribution in [0.15, 0.2) is 0 Å². The molecule has 0 radical (unpaired) electrons. The first-order valence-electron chi connectivity index (χ1n) is 8.75. The zero-order valence-corrected chi connectivity index (χ0v) is 13.7. The maximum Gasteiger partial charge on any atom is 0.0894 e. The van der Waals surface area contributed by atoms with Gasteiger partial charge in [0.05, 0.1) is 25.4 Å². The summed E-state index contributed by atoms with van der Waals surface area (Å²) in [5.41, 5.74) is 5.03. The van der Waals surface area contributed by atoms with Gasteiger partial charge in [-0.3, -0.25) is 4.39 Å². The lowest BCUT2D eigenvalue weighted by atomic mass is 9.94. The normalized spacial score (nSPS) is 12.0. The van der Waals surface area contributed by atoms with Crippen LogP contribution in [0.4, 0.5) is 4.39 Å². The number of hydrogen-bond acceptors (Lipinski definition) is 3. The number of halogens is 1. The smallest absolute Gasteiger partial charge is 0.0894 e. The summed E-state index contributed by atoms with van der Waals surface area (Å²) in [6.07, 6.45) is 14.7. The third-order valence-corrected chi connectivity index (χ3v) is 4.19. The van der Waals surface area contributed by atoms with E-state index < -0.39 is 5.54 Å². The molecule has 3 nitrogen and oxygen atoms in total. The second-order valence-electron chi connectivity index (χ2n) is 6.36. The van der Waals surface area contributed by atoms with Crippen molar-refractivity contribution < 1.29 is 14.6 Å². The fraction of sp³-hybridized carbons (Fsp3) is 1.00. The zero-order valence-electron chi connectivity index (χ0n) is 13.7. The van der Waals surface area contributed by atoms with E-state index in [1.807, 2.05) is 0 Å². The number of rotatable bonds is 16. The second kappa shape index (κ2) is 14.7. The van der Waals surface area contributed by atoms with Crippen molar-refractivity contribution in [1.82, 2.24) is 0 Å². The van der Waals surface area contributed by atoms with Crippen molar-refractivity contribution in [2.45, 2.75) is 89.0 Å². The predicted octanol–water partition coefficient (Wildman–Crippen LogP) is 3.71. The molecule has 4 N–H and O–H groups in total. The average Bonchev–Trinajstić information content (AvgIpc) is 2.51. The summed E-state index contributed by atoms with van der Waals surface area (Å²) in [4.78, 5) is 0. The van der Waals surface area contributed by atoms with Crippen LogP contribution in [0.3, 0.4) is 0 Å². The Morgan fingerprint density at radius 1 is 0.619 bits per heavy atom. The van der Waals surface area contributed by atoms with Crippen LogP contribution in [0, 0.1) is 0 Å². The molecule has 128 valence electrons. The average molecular weight is 305 g/mol. The van der Waals surface area contributed by atoms with Crippen LogP contribution < -0.4 is 5.73 Å². The third kappa shape index (κ3) is 13.2. The Bertz CT molecular complexity index is 211. The molecule has 0 aromatic rings. The van der Waals surface area contributed by atoms with Crippen LogP contribution >= 0.6 is 0 Å². The summed E-state index contributed by atoms with van der Waals surface area (Å²) < 4.78 is 11.9. The van der Waals surface area contributed by atoms with E-state index in [9.17, 15) is 4.39 Å². The van der Waals surface area contributed by atoms with E-state index in [2.05, 4.69) is 0 Å². The Morgan fingerprint density at radius 3 is 1.29 bits per heavy atom. The van der Waals surface area contributed by atoms with Gasteiger partial charge >= 0.3 is 0 Å². The Morgan fingerprint density at radius 2 is 0.952 bits per heavy atom. The second-order valence-corrected chi connectivity index (χ2v) is 6.36. The maximum atomic E-state index is 11.9. The van der Waals surface area contributed by atoms with E-state index in [0.717, 1.165) is 25.7 Å². The molecule has 0 aliphatic rings. The largest absolute Gasteiger partial charge is 0.394 e. The van der Waals surface area contributed by atoms with Gasteiger partial charge < -0.3 is 15.9 Å². The number of alkyl halides is 1. The lowest BCUT2D eigenvalue weighted by Crippen LogP contribution is -2.47. The molecular weight excluding hydrogens is 269 g/mol. The highest BCUT2D eigenvalue weighted by molar-refractivity contribution is 4.81. The monoisotopic (exact) mass is 305 g/mol. The Kier molecular flexibility index (Phi) is 14.6. The molecule has 0 rings (SSSR count). The number of nitrogens with two attached hydrogens (primary N) is 1. The van der Waals surface area contributed by atoms with Gasteiger partial charge in [0.25, 0.3) is 0 Å². The first-order valence-corrected chi connectivity index (χ1v) is 8.75. The van der Waals surface area contributed by atoms with Gasteiger partial charge in [0.1, 0.15) is 0 Å². The molecule has 0 unspecified atom stereocenters. The first kappa shape index (κ1) is 20.8. The molecule has 0 saturated heterocycles. The summed E-state index contributed by atoms with van der Waals surface area (Å²) in [6.45, 7) is -0.453. The fourth-order valence-corrected chi connectivity index (χ4v) is 2.55. The molecule has 0 spiro atoms. The van der Waals surface area contributed by atoms with E-state index in [1.54, 1.807) is 0 Å². The molecule has 0 aromatic carbocycles. The molecule has 0 saturated carbocycles. The summed E-state index contributed by atoms with van der Waals surface area (Å²) in [7, 11) is 0. The van der Waals surface area contributed by atoms with Crippen molar-refractivity contribution in [3.63, 3.8) is 0 Å². The van der Waals surface area contributed by atoms with Crippen LogP contribution in [0.5, 0.6) is 0 Å². The van der Waals surface area contributed by atoms with Crippen molar-refractivity contribution in [3.8, 4) is 0 Å². The van der Waals surface area contributed by atoms with Gasteiger partial charge in [-0.15, -0.1) is 0 Å². The molecule has 0 aliphatic carbocycles. The molecule has 0 bridgehead atoms. The lowest BCUT2D eigenvalue weighted by molar-refractivity contribution is 0.112. The Hall–Kier alpha value is -0.190. The highest BCUT2D eigenvalue weighted by Gasteiger charge is 2.21. The molecule has 0 amide bonds. The Balaban J connectivity index is 3.16. The number of hydrogen-bond donors (Lipinski definition) is 3. The van der Waals surface area contributed by atoms with Crippen molar-refractivity contribution in [2.75, 3.05) is 19.9 Å². The summed E-state index contributed by atoms with van der Waals surface area (Å²) in [5, 5.41) is 18.1. The van der Waals surface area contributed by atoms with Crippen LogP contribution in [-0.4, -0.2) is 35.6 Å². The predicted molar refractivity (Wildman–Crippen MR) is 87.1 cm³/mol. The van der Waals surface area contributed by atoms with Gasteiger partial charge in [-0.25, -0.2) is 0 Å². The molecule has 0 aliphatic heterocycles. The third-order valence-electron chi connectivity index (χ3n) is 4.19. The van der Waals surface area contributed by atoms with Crippen molar-refractivity contribution in [1.29, 1.82) is 0 Å². The highest BCUT2D eigenvalue weighted by atomic mass is 19.1. The van der Waals surface area contributed by atoms with Gasteiger partial charge in [-0.05, 0) is 12.8 Å². The summed E-state index contributed by atoms with van der Waals surface area (Å²) in [6, 6.07) is 0. The first-order chi connectivity index (χ1) is 10.2. The quantitative estimate of drug-likeness (QED) is 0.381. The van der Waals surface area contributed by atoms with E-state index in [0.29, 0.717) is 6.42 Å². The van der Waals surface area contributed by atoms with Gasteiger partial charge in [-0.1, -0.05) is 70.6 Å². The molecule has 0 aromatic heterocycles. The van der Waals surface area contributed by atoms with Gasteiger partial charge in [0, 0.05) is 0 Å². The van der Waals surface area contributed by atoms with Gasteiger partial charge in [0.2, 0.25) is 0 Å². The van der Waals surface area contributed by atoms with Crippen molar-refractivity contribution in [3.05, 3.63) is 0 Å². The molecule has 0 fully saturated rings. The maximum absolute atomic E-state index is 11.9. The number of unbranched alkanes of at least 4 members (excludes halogenated alkanes) is 11. The fourth-order valence-electron chi connectivity index (χ4n) is 2.55. The minimum Gasteiger partial charge on any atom is -0.394 e. The van der Waals surface area contributed by atoms with E-state index in [1.165, 1.54) is 51.4 Å². The molecule has 21 heavy (non-hydrogen) atoms. The molecule has 0 atom stereocenters. The standard InChI is InChI=1S/C17H36FNO2/c18-14-12-10-8-6-4-2-1-3-5-7-9-11-13-17(19,15-20)16-21/h20-21H,1-16,19H2. The Labute approximate surface area is 130 Å². The highest BCUT2D eigenvalue weighted by Crippen LogP contribution is 2.15. The van der Waals surface area contributed by atoms with Crippen LogP contribution in [0.25, 0.3) is 0 Å².